The van der Waals surface area contributed by atoms with Gasteiger partial charge in [0.1, 0.15) is 0 Å². The van der Waals surface area contributed by atoms with E-state index in [1.54, 1.807) is 6.20 Å². The highest BCUT2D eigenvalue weighted by molar-refractivity contribution is 5.96. The van der Waals surface area contributed by atoms with Crippen LogP contribution in [-0.2, 0) is 0 Å². The van der Waals surface area contributed by atoms with E-state index < -0.39 is 0 Å². The maximum Gasteiger partial charge on any atom is 0.151 e. The van der Waals surface area contributed by atoms with Crippen LogP contribution in [0.4, 0.5) is 11.6 Å². The fourth-order valence-electron chi connectivity index (χ4n) is 2.90. The quantitative estimate of drug-likeness (QED) is 0.208. The minimum atomic E-state index is 0.528. The summed E-state index contributed by atoms with van der Waals surface area (Å²) >= 11 is 0. The van der Waals surface area contributed by atoms with Crippen molar-refractivity contribution in [2.75, 3.05) is 0 Å². The van der Waals surface area contributed by atoms with E-state index in [-0.39, 0.29) is 0 Å². The molecule has 0 aliphatic rings. The van der Waals surface area contributed by atoms with Crippen LogP contribution in [0.3, 0.4) is 0 Å². The zero-order valence-corrected chi connectivity index (χ0v) is 22.0. The van der Waals surface area contributed by atoms with Gasteiger partial charge >= 0.3 is 0 Å². The fraction of sp³-hybridized carbons (Fsp3) is 0.161. The lowest BCUT2D eigenvalue weighted by atomic mass is 10.1. The SMILES string of the molecule is C=NC(/C=C\C)=N/C=C(\C)C(C)C.C=Nc1cc2ccccc2cn1.C=Nc1ccc2ccccc2n1. The maximum atomic E-state index is 4.26. The van der Waals surface area contributed by atoms with Gasteiger partial charge in [0.05, 0.1) is 5.52 Å². The topological polar surface area (TPSA) is 75.2 Å². The number of benzene rings is 2. The first kappa shape index (κ1) is 28.7. The van der Waals surface area contributed by atoms with Crippen molar-refractivity contribution < 1.29 is 0 Å². The van der Waals surface area contributed by atoms with Crippen LogP contribution < -0.4 is 0 Å². The zero-order valence-electron chi connectivity index (χ0n) is 22.0. The normalized spacial score (nSPS) is 11.5. The molecule has 188 valence electrons. The summed E-state index contributed by atoms with van der Waals surface area (Å²) in [4.78, 5) is 23.8. The van der Waals surface area contributed by atoms with Crippen molar-refractivity contribution in [3.63, 3.8) is 0 Å². The molecule has 0 amide bonds. The standard InChI is InChI=1S/C11H18N2.2C10H8N2/c1-6-7-11(12-5)13-8-10(4)9(2)3;1-11-10-6-8-4-2-3-5-9(8)7-12-10;1-11-10-7-6-8-4-2-3-5-9(8)12-10/h6-9H,5H2,1-4H3;2*2-7H,1H2/b7-6-,10-8+,13-11+;;. The number of fused-ring (bicyclic) bond motifs is 2. The molecule has 0 aliphatic heterocycles. The molecule has 4 rings (SSSR count). The van der Waals surface area contributed by atoms with Crippen LogP contribution in [0.15, 0.2) is 117 Å². The Labute approximate surface area is 219 Å². The van der Waals surface area contributed by atoms with Gasteiger partial charge in [-0.05, 0) is 75.6 Å². The van der Waals surface area contributed by atoms with Gasteiger partial charge in [0, 0.05) is 23.2 Å². The summed E-state index contributed by atoms with van der Waals surface area (Å²) in [6.07, 6.45) is 7.37. The minimum absolute atomic E-state index is 0.528. The number of hydrogen-bond acceptors (Lipinski definition) is 5. The summed E-state index contributed by atoms with van der Waals surface area (Å²) in [5, 5.41) is 3.41. The molecule has 0 saturated carbocycles. The van der Waals surface area contributed by atoms with Gasteiger partial charge < -0.3 is 0 Å². The van der Waals surface area contributed by atoms with Gasteiger partial charge in [-0.15, -0.1) is 0 Å². The van der Waals surface area contributed by atoms with Crippen molar-refractivity contribution >= 4 is 59.3 Å². The first-order valence-electron chi connectivity index (χ1n) is 11.9. The average molecular weight is 491 g/mol. The van der Waals surface area contributed by atoms with Crippen molar-refractivity contribution in [1.82, 2.24) is 9.97 Å². The van der Waals surface area contributed by atoms with Crippen LogP contribution in [0.5, 0.6) is 0 Å². The molecular formula is C31H34N6. The highest BCUT2D eigenvalue weighted by Crippen LogP contribution is 2.17. The van der Waals surface area contributed by atoms with E-state index in [4.69, 9.17) is 0 Å². The largest absolute Gasteiger partial charge is 0.245 e. The maximum absolute atomic E-state index is 4.26. The van der Waals surface area contributed by atoms with E-state index in [9.17, 15) is 0 Å². The number of hydrogen-bond donors (Lipinski definition) is 0. The zero-order chi connectivity index (χ0) is 27.0. The number of amidine groups is 1. The third-order valence-electron chi connectivity index (χ3n) is 5.31. The Morgan fingerprint density at radius 3 is 2.11 bits per heavy atom. The van der Waals surface area contributed by atoms with Crippen LogP contribution >= 0.6 is 0 Å². The first-order valence-corrected chi connectivity index (χ1v) is 11.9. The van der Waals surface area contributed by atoms with Crippen molar-refractivity contribution in [3.8, 4) is 0 Å². The Morgan fingerprint density at radius 2 is 1.49 bits per heavy atom. The van der Waals surface area contributed by atoms with Gasteiger partial charge in [-0.25, -0.2) is 29.9 Å². The van der Waals surface area contributed by atoms with Crippen LogP contribution in [0, 0.1) is 5.92 Å². The second-order valence-electron chi connectivity index (χ2n) is 8.24. The monoisotopic (exact) mass is 490 g/mol. The number of para-hydroxylation sites is 1. The molecule has 2 aromatic carbocycles. The smallest absolute Gasteiger partial charge is 0.151 e. The highest BCUT2D eigenvalue weighted by Gasteiger charge is 1.95. The number of rotatable bonds is 5. The van der Waals surface area contributed by atoms with Crippen molar-refractivity contribution in [1.29, 1.82) is 0 Å². The Hall–Kier alpha value is -4.58. The third kappa shape index (κ3) is 9.53. The first-order chi connectivity index (χ1) is 17.9. The Balaban J connectivity index is 0.000000195. The lowest BCUT2D eigenvalue weighted by Gasteiger charge is -2.01. The molecule has 0 aliphatic carbocycles. The van der Waals surface area contributed by atoms with Crippen molar-refractivity contribution in [3.05, 3.63) is 96.9 Å². The van der Waals surface area contributed by atoms with E-state index >= 15 is 0 Å². The van der Waals surface area contributed by atoms with Gasteiger partial charge in [0.15, 0.2) is 17.5 Å². The number of aliphatic imine (C=N–C) groups is 4. The van der Waals surface area contributed by atoms with Gasteiger partial charge in [-0.3, -0.25) is 0 Å². The molecule has 2 aromatic heterocycles. The van der Waals surface area contributed by atoms with Crippen LogP contribution in [0.1, 0.15) is 27.7 Å². The van der Waals surface area contributed by atoms with E-state index in [0.29, 0.717) is 23.4 Å². The van der Waals surface area contributed by atoms with Crippen molar-refractivity contribution in [2.45, 2.75) is 27.7 Å². The van der Waals surface area contributed by atoms with E-state index in [2.05, 4.69) is 70.9 Å². The summed E-state index contributed by atoms with van der Waals surface area (Å²) in [6, 6.07) is 21.7. The molecule has 0 radical (unpaired) electrons. The van der Waals surface area contributed by atoms with Gasteiger partial charge in [-0.1, -0.05) is 68.0 Å². The summed E-state index contributed by atoms with van der Waals surface area (Å²) in [5.41, 5.74) is 2.20. The average Bonchev–Trinajstić information content (AvgIpc) is 2.95. The molecular weight excluding hydrogens is 456 g/mol. The molecule has 0 saturated heterocycles. The summed E-state index contributed by atoms with van der Waals surface area (Å²) in [5.74, 6) is 2.53. The third-order valence-corrected chi connectivity index (χ3v) is 5.31. The molecule has 0 unspecified atom stereocenters. The Kier molecular flexibility index (Phi) is 11.9. The number of pyridine rings is 2. The second kappa shape index (κ2) is 15.4. The highest BCUT2D eigenvalue weighted by atomic mass is 14.9. The molecule has 0 fully saturated rings. The number of aromatic nitrogens is 2. The van der Waals surface area contributed by atoms with Crippen LogP contribution in [0.2, 0.25) is 0 Å². The van der Waals surface area contributed by atoms with E-state index in [1.807, 2.05) is 92.0 Å². The number of nitrogens with zero attached hydrogens (tertiary/aromatic N) is 6. The molecule has 0 bridgehead atoms. The molecule has 6 nitrogen and oxygen atoms in total. The lowest BCUT2D eigenvalue weighted by molar-refractivity contribution is 0.766. The Morgan fingerprint density at radius 1 is 0.838 bits per heavy atom. The molecule has 0 N–H and O–H groups in total. The second-order valence-corrected chi connectivity index (χ2v) is 8.24. The molecule has 0 atom stereocenters. The van der Waals surface area contributed by atoms with E-state index in [1.165, 1.54) is 5.57 Å². The van der Waals surface area contributed by atoms with Gasteiger partial charge in [0.2, 0.25) is 0 Å². The molecule has 2 heterocycles. The summed E-state index contributed by atoms with van der Waals surface area (Å²) in [7, 11) is 0. The predicted octanol–water partition coefficient (Wildman–Crippen LogP) is 8.36. The summed E-state index contributed by atoms with van der Waals surface area (Å²) < 4.78 is 0. The van der Waals surface area contributed by atoms with Crippen molar-refractivity contribution in [2.24, 2.45) is 25.9 Å². The summed E-state index contributed by atoms with van der Waals surface area (Å²) in [6.45, 7) is 18.6. The lowest BCUT2D eigenvalue weighted by Crippen LogP contribution is -1.89. The van der Waals surface area contributed by atoms with E-state index in [0.717, 1.165) is 21.7 Å². The molecule has 4 aromatic rings. The Bertz CT molecular complexity index is 1350. The predicted molar refractivity (Wildman–Crippen MR) is 162 cm³/mol. The van der Waals surface area contributed by atoms with Crippen LogP contribution in [0.25, 0.3) is 21.7 Å². The van der Waals surface area contributed by atoms with Gasteiger partial charge in [-0.2, -0.15) is 0 Å². The van der Waals surface area contributed by atoms with Gasteiger partial charge in [0.25, 0.3) is 0 Å². The fourth-order valence-corrected chi connectivity index (χ4v) is 2.90. The minimum Gasteiger partial charge on any atom is -0.245 e. The number of allylic oxidation sites excluding steroid dienone is 2. The molecule has 37 heavy (non-hydrogen) atoms. The van der Waals surface area contributed by atoms with Crippen LogP contribution in [-0.4, -0.2) is 36.0 Å². The molecule has 6 heteroatoms. The molecule has 0 spiro atoms.